The highest BCUT2D eigenvalue weighted by Gasteiger charge is 2.25. The third kappa shape index (κ3) is 2.10. The zero-order valence-electron chi connectivity index (χ0n) is 11.0. The lowest BCUT2D eigenvalue weighted by molar-refractivity contribution is -0.110. The number of carboxylic acid groups (broad SMARTS) is 1. The molecule has 0 saturated carbocycles. The second-order valence-electron chi connectivity index (χ2n) is 4.75. The number of amides is 1. The van der Waals surface area contributed by atoms with Crippen molar-refractivity contribution in [2.75, 3.05) is 5.32 Å². The number of benzene rings is 1. The molecular weight excluding hydrogens is 275 g/mol. The summed E-state index contributed by atoms with van der Waals surface area (Å²) in [5.74, 6) is -1.83. The van der Waals surface area contributed by atoms with E-state index in [9.17, 15) is 14.0 Å². The van der Waals surface area contributed by atoms with Crippen LogP contribution in [-0.4, -0.2) is 22.0 Å². The van der Waals surface area contributed by atoms with Crippen molar-refractivity contribution in [2.24, 2.45) is 0 Å². The molecule has 0 fully saturated rings. The summed E-state index contributed by atoms with van der Waals surface area (Å²) < 4.78 is 13.3. The van der Waals surface area contributed by atoms with Crippen molar-refractivity contribution in [1.29, 1.82) is 0 Å². The van der Waals surface area contributed by atoms with Crippen molar-refractivity contribution < 1.29 is 19.1 Å². The maximum Gasteiger partial charge on any atom is 0.337 e. The van der Waals surface area contributed by atoms with Crippen LogP contribution in [0.25, 0.3) is 11.6 Å². The van der Waals surface area contributed by atoms with Gasteiger partial charge in [-0.05, 0) is 36.8 Å². The maximum absolute atomic E-state index is 13.3. The molecule has 0 radical (unpaired) electrons. The first-order chi connectivity index (χ1) is 9.97. The third-order valence-electron chi connectivity index (χ3n) is 3.46. The Labute approximate surface area is 119 Å². The first kappa shape index (κ1) is 13.1. The molecule has 2 aromatic rings. The van der Waals surface area contributed by atoms with Gasteiger partial charge in [-0.25, -0.2) is 9.18 Å². The monoisotopic (exact) mass is 286 g/mol. The number of aromatic amines is 1. The molecule has 1 aromatic carbocycles. The number of nitrogens with one attached hydrogen (secondary N) is 2. The molecule has 0 unspecified atom stereocenters. The van der Waals surface area contributed by atoms with Crippen LogP contribution in [0.15, 0.2) is 24.4 Å². The normalized spacial score (nSPS) is 15.1. The van der Waals surface area contributed by atoms with Crippen molar-refractivity contribution in [3.05, 3.63) is 52.6 Å². The summed E-state index contributed by atoms with van der Waals surface area (Å²) in [6.45, 7) is 1.64. The molecule has 1 aliphatic heterocycles. The molecular formula is C15H11FN2O3. The number of anilines is 1. The summed E-state index contributed by atoms with van der Waals surface area (Å²) in [6, 6.07) is 4.04. The highest BCUT2D eigenvalue weighted by atomic mass is 19.1. The Morgan fingerprint density at radius 2 is 2.14 bits per heavy atom. The lowest BCUT2D eigenvalue weighted by atomic mass is 10.0. The highest BCUT2D eigenvalue weighted by molar-refractivity contribution is 6.34. The molecule has 2 heterocycles. The van der Waals surface area contributed by atoms with E-state index in [1.54, 1.807) is 6.92 Å². The average molecular weight is 286 g/mol. The van der Waals surface area contributed by atoms with E-state index in [4.69, 9.17) is 5.11 Å². The SMILES string of the molecule is Cc1c(C(=O)O)c[nH]c1C=C1C(=O)Nc2ccc(F)cc21. The molecule has 0 saturated heterocycles. The van der Waals surface area contributed by atoms with Gasteiger partial charge in [-0.1, -0.05) is 0 Å². The lowest BCUT2D eigenvalue weighted by Crippen LogP contribution is -2.03. The van der Waals surface area contributed by atoms with Gasteiger partial charge >= 0.3 is 5.97 Å². The van der Waals surface area contributed by atoms with Gasteiger partial charge in [0.15, 0.2) is 0 Å². The van der Waals surface area contributed by atoms with Crippen LogP contribution in [0.5, 0.6) is 0 Å². The fourth-order valence-electron chi connectivity index (χ4n) is 2.33. The van der Waals surface area contributed by atoms with E-state index in [0.29, 0.717) is 28.1 Å². The summed E-state index contributed by atoms with van der Waals surface area (Å²) in [7, 11) is 0. The van der Waals surface area contributed by atoms with Crippen LogP contribution in [-0.2, 0) is 4.79 Å². The summed E-state index contributed by atoms with van der Waals surface area (Å²) in [4.78, 5) is 25.8. The quantitative estimate of drug-likeness (QED) is 0.742. The van der Waals surface area contributed by atoms with Gasteiger partial charge in [0.25, 0.3) is 5.91 Å². The predicted molar refractivity (Wildman–Crippen MR) is 75.4 cm³/mol. The van der Waals surface area contributed by atoms with E-state index in [0.717, 1.165) is 0 Å². The van der Waals surface area contributed by atoms with Crippen LogP contribution < -0.4 is 5.32 Å². The van der Waals surface area contributed by atoms with Gasteiger partial charge in [0.1, 0.15) is 5.82 Å². The molecule has 106 valence electrons. The maximum atomic E-state index is 13.3. The number of rotatable bonds is 2. The number of aromatic carboxylic acids is 1. The second kappa shape index (κ2) is 4.59. The number of hydrogen-bond acceptors (Lipinski definition) is 2. The van der Waals surface area contributed by atoms with E-state index < -0.39 is 11.8 Å². The smallest absolute Gasteiger partial charge is 0.337 e. The molecule has 21 heavy (non-hydrogen) atoms. The zero-order chi connectivity index (χ0) is 15.1. The molecule has 6 heteroatoms. The third-order valence-corrected chi connectivity index (χ3v) is 3.46. The van der Waals surface area contributed by atoms with E-state index in [1.807, 2.05) is 0 Å². The molecule has 0 bridgehead atoms. The van der Waals surface area contributed by atoms with Crippen molar-refractivity contribution in [1.82, 2.24) is 4.98 Å². The number of H-pyrrole nitrogens is 1. The Morgan fingerprint density at radius 1 is 1.38 bits per heavy atom. The molecule has 0 aliphatic carbocycles. The number of hydrogen-bond donors (Lipinski definition) is 3. The van der Waals surface area contributed by atoms with Gasteiger partial charge in [-0.15, -0.1) is 0 Å². The topological polar surface area (TPSA) is 82.2 Å². The number of aromatic nitrogens is 1. The molecule has 3 rings (SSSR count). The van der Waals surface area contributed by atoms with Gasteiger partial charge in [0.2, 0.25) is 0 Å². The number of halogens is 1. The molecule has 0 spiro atoms. The standard InChI is InChI=1S/C15H11FN2O3/c1-7-11(15(20)21)6-17-13(7)5-10-9-4-8(16)2-3-12(9)18-14(10)19/h2-6,17H,1H3,(H,18,19)(H,20,21). The van der Waals surface area contributed by atoms with Gasteiger partial charge in [-0.3, -0.25) is 4.79 Å². The van der Waals surface area contributed by atoms with E-state index in [-0.39, 0.29) is 11.5 Å². The predicted octanol–water partition coefficient (Wildman–Crippen LogP) is 2.65. The summed E-state index contributed by atoms with van der Waals surface area (Å²) >= 11 is 0. The minimum absolute atomic E-state index is 0.139. The summed E-state index contributed by atoms with van der Waals surface area (Å²) in [5.41, 5.74) is 2.47. The van der Waals surface area contributed by atoms with Crippen LogP contribution >= 0.6 is 0 Å². The molecule has 3 N–H and O–H groups in total. The Kier molecular flexibility index (Phi) is 2.86. The Bertz CT molecular complexity index is 805. The average Bonchev–Trinajstić information content (AvgIpc) is 2.93. The number of carbonyl (C=O) groups excluding carboxylic acids is 1. The van der Waals surface area contributed by atoms with Gasteiger partial charge < -0.3 is 15.4 Å². The van der Waals surface area contributed by atoms with Crippen molar-refractivity contribution in [2.45, 2.75) is 6.92 Å². The Hall–Kier alpha value is -2.89. The van der Waals surface area contributed by atoms with E-state index in [2.05, 4.69) is 10.3 Å². The fraction of sp³-hybridized carbons (Fsp3) is 0.0667. The van der Waals surface area contributed by atoms with Crippen molar-refractivity contribution in [3.8, 4) is 0 Å². The first-order valence-electron chi connectivity index (χ1n) is 6.21. The van der Waals surface area contributed by atoms with Crippen molar-refractivity contribution in [3.63, 3.8) is 0 Å². The van der Waals surface area contributed by atoms with Crippen LogP contribution in [0, 0.1) is 12.7 Å². The molecule has 1 amide bonds. The van der Waals surface area contributed by atoms with Gasteiger partial charge in [-0.2, -0.15) is 0 Å². The number of fused-ring (bicyclic) bond motifs is 1. The lowest BCUT2D eigenvalue weighted by Gasteiger charge is -1.99. The highest BCUT2D eigenvalue weighted by Crippen LogP contribution is 2.33. The largest absolute Gasteiger partial charge is 0.478 e. The fourth-order valence-corrected chi connectivity index (χ4v) is 2.33. The minimum atomic E-state index is -1.05. The van der Waals surface area contributed by atoms with Gasteiger partial charge in [0.05, 0.1) is 11.1 Å². The van der Waals surface area contributed by atoms with E-state index in [1.165, 1.54) is 30.5 Å². The second-order valence-corrected chi connectivity index (χ2v) is 4.75. The first-order valence-corrected chi connectivity index (χ1v) is 6.21. The van der Waals surface area contributed by atoms with Gasteiger partial charge in [0, 0.05) is 23.1 Å². The zero-order valence-corrected chi connectivity index (χ0v) is 11.0. The Morgan fingerprint density at radius 3 is 2.81 bits per heavy atom. The van der Waals surface area contributed by atoms with Crippen LogP contribution in [0.2, 0.25) is 0 Å². The molecule has 1 aliphatic rings. The molecule has 1 aromatic heterocycles. The summed E-state index contributed by atoms with van der Waals surface area (Å²) in [5, 5.41) is 11.7. The van der Waals surface area contributed by atoms with Crippen molar-refractivity contribution >= 4 is 29.2 Å². The number of carbonyl (C=O) groups is 2. The van der Waals surface area contributed by atoms with Crippen LogP contribution in [0.3, 0.4) is 0 Å². The number of carboxylic acids is 1. The molecule has 0 atom stereocenters. The minimum Gasteiger partial charge on any atom is -0.478 e. The van der Waals surface area contributed by atoms with Crippen LogP contribution in [0.4, 0.5) is 10.1 Å². The molecule has 5 nitrogen and oxygen atoms in total. The van der Waals surface area contributed by atoms with E-state index >= 15 is 0 Å². The summed E-state index contributed by atoms with van der Waals surface area (Å²) in [6.07, 6.45) is 2.89. The Balaban J connectivity index is 2.11. The van der Waals surface area contributed by atoms with Crippen LogP contribution in [0.1, 0.15) is 27.2 Å².